The number of halogens is 2. The van der Waals surface area contributed by atoms with E-state index in [0.29, 0.717) is 33.1 Å². The van der Waals surface area contributed by atoms with Crippen molar-refractivity contribution < 1.29 is 17.5 Å². The third-order valence-corrected chi connectivity index (χ3v) is 6.35. The van der Waals surface area contributed by atoms with Crippen LogP contribution in [0, 0.1) is 12.7 Å². The molecular formula is C22H18ClFN4O3S. The summed E-state index contributed by atoms with van der Waals surface area (Å²) in [6, 6.07) is 15.6. The molecule has 0 bridgehead atoms. The number of aryl methyl sites for hydroxylation is 1. The highest BCUT2D eigenvalue weighted by Crippen LogP contribution is 2.32. The SMILES string of the molecule is COc1ccc(Cl)c(Nc2nc3ccccc3nc2NS(=O)(=O)c2ccc(C)c(F)c2)c1. The van der Waals surface area contributed by atoms with E-state index in [1.807, 2.05) is 0 Å². The Labute approximate surface area is 189 Å². The Bertz CT molecular complexity index is 1430. The van der Waals surface area contributed by atoms with Gasteiger partial charge in [0.05, 0.1) is 33.7 Å². The fourth-order valence-corrected chi connectivity index (χ4v) is 4.13. The van der Waals surface area contributed by atoms with Crippen molar-refractivity contribution in [1.82, 2.24) is 9.97 Å². The van der Waals surface area contributed by atoms with Crippen molar-refractivity contribution in [3.05, 3.63) is 77.1 Å². The molecule has 0 aliphatic rings. The maximum atomic E-state index is 14.0. The van der Waals surface area contributed by atoms with Crippen LogP contribution in [0.4, 0.5) is 21.7 Å². The van der Waals surface area contributed by atoms with Crippen molar-refractivity contribution >= 4 is 50.0 Å². The molecular weight excluding hydrogens is 455 g/mol. The van der Waals surface area contributed by atoms with Crippen molar-refractivity contribution in [3.8, 4) is 5.75 Å². The molecule has 0 aliphatic carbocycles. The lowest BCUT2D eigenvalue weighted by Crippen LogP contribution is -2.16. The fraction of sp³-hybridized carbons (Fsp3) is 0.0909. The van der Waals surface area contributed by atoms with Crippen LogP contribution in [0.2, 0.25) is 5.02 Å². The summed E-state index contributed by atoms with van der Waals surface area (Å²) in [5.74, 6) is -0.0273. The average molecular weight is 473 g/mol. The summed E-state index contributed by atoms with van der Waals surface area (Å²) < 4.78 is 47.5. The zero-order valence-electron chi connectivity index (χ0n) is 17.1. The fourth-order valence-electron chi connectivity index (χ4n) is 2.94. The maximum Gasteiger partial charge on any atom is 0.263 e. The summed E-state index contributed by atoms with van der Waals surface area (Å²) in [7, 11) is -2.63. The molecule has 1 aromatic heterocycles. The first-order valence-electron chi connectivity index (χ1n) is 9.43. The van der Waals surface area contributed by atoms with Crippen molar-refractivity contribution in [2.45, 2.75) is 11.8 Å². The Morgan fingerprint density at radius 1 is 0.969 bits per heavy atom. The third kappa shape index (κ3) is 4.44. The van der Waals surface area contributed by atoms with Gasteiger partial charge in [-0.25, -0.2) is 22.8 Å². The summed E-state index contributed by atoms with van der Waals surface area (Å²) in [4.78, 5) is 8.68. The Balaban J connectivity index is 1.80. The van der Waals surface area contributed by atoms with Crippen LogP contribution in [0.1, 0.15) is 5.56 Å². The summed E-state index contributed by atoms with van der Waals surface area (Å²) >= 11 is 6.29. The van der Waals surface area contributed by atoms with Crippen LogP contribution in [0.3, 0.4) is 0 Å². The largest absolute Gasteiger partial charge is 0.497 e. The lowest BCUT2D eigenvalue weighted by molar-refractivity contribution is 0.415. The maximum absolute atomic E-state index is 14.0. The first kappa shape index (κ1) is 21.8. The zero-order chi connectivity index (χ0) is 22.9. The van der Waals surface area contributed by atoms with Crippen LogP contribution in [-0.2, 0) is 10.0 Å². The van der Waals surface area contributed by atoms with E-state index in [4.69, 9.17) is 16.3 Å². The van der Waals surface area contributed by atoms with Crippen molar-refractivity contribution in [2.75, 3.05) is 17.1 Å². The van der Waals surface area contributed by atoms with Crippen LogP contribution in [0.5, 0.6) is 5.75 Å². The van der Waals surface area contributed by atoms with E-state index in [1.165, 1.54) is 19.2 Å². The Morgan fingerprint density at radius 3 is 2.31 bits per heavy atom. The van der Waals surface area contributed by atoms with E-state index < -0.39 is 15.8 Å². The minimum absolute atomic E-state index is 0.0661. The van der Waals surface area contributed by atoms with Crippen molar-refractivity contribution in [2.24, 2.45) is 0 Å². The van der Waals surface area contributed by atoms with E-state index in [2.05, 4.69) is 20.0 Å². The molecule has 0 saturated carbocycles. The number of benzene rings is 3. The minimum Gasteiger partial charge on any atom is -0.497 e. The van der Waals surface area contributed by atoms with Gasteiger partial charge in [-0.1, -0.05) is 29.8 Å². The summed E-state index contributed by atoms with van der Waals surface area (Å²) in [5.41, 5.74) is 1.79. The number of ether oxygens (including phenoxy) is 1. The van der Waals surface area contributed by atoms with E-state index in [-0.39, 0.29) is 16.5 Å². The topological polar surface area (TPSA) is 93.2 Å². The third-order valence-electron chi connectivity index (χ3n) is 4.68. The number of hydrogen-bond donors (Lipinski definition) is 2. The molecule has 2 N–H and O–H groups in total. The standard InChI is InChI=1S/C22H18ClFN4O3S/c1-13-7-9-15(12-17(13)24)32(29,30)28-22-21(25-18-5-3-4-6-19(18)26-22)27-20-11-14(31-2)8-10-16(20)23/h3-12H,1-2H3,(H,25,27)(H,26,28). The normalized spacial score (nSPS) is 11.4. The number of hydrogen-bond acceptors (Lipinski definition) is 6. The number of nitrogens with one attached hydrogen (secondary N) is 2. The number of para-hydroxylation sites is 2. The van der Waals surface area contributed by atoms with E-state index in [1.54, 1.807) is 49.4 Å². The van der Waals surface area contributed by atoms with Gasteiger partial charge in [-0.15, -0.1) is 0 Å². The predicted octanol–water partition coefficient (Wildman–Crippen LogP) is 5.28. The molecule has 164 valence electrons. The monoisotopic (exact) mass is 472 g/mol. The van der Waals surface area contributed by atoms with Gasteiger partial charge < -0.3 is 10.1 Å². The van der Waals surface area contributed by atoms with Crippen LogP contribution < -0.4 is 14.8 Å². The predicted molar refractivity (Wildman–Crippen MR) is 123 cm³/mol. The molecule has 0 spiro atoms. The Hall–Kier alpha value is -3.43. The molecule has 0 unspecified atom stereocenters. The van der Waals surface area contributed by atoms with Crippen LogP contribution >= 0.6 is 11.6 Å². The minimum atomic E-state index is -4.15. The zero-order valence-corrected chi connectivity index (χ0v) is 18.6. The van der Waals surface area contributed by atoms with Gasteiger partial charge in [-0.2, -0.15) is 0 Å². The lowest BCUT2D eigenvalue weighted by atomic mass is 10.2. The van der Waals surface area contributed by atoms with E-state index >= 15 is 0 Å². The van der Waals surface area contributed by atoms with Gasteiger partial charge in [0.1, 0.15) is 11.6 Å². The van der Waals surface area contributed by atoms with Gasteiger partial charge in [0, 0.05) is 6.07 Å². The van der Waals surface area contributed by atoms with E-state index in [9.17, 15) is 12.8 Å². The molecule has 0 fully saturated rings. The van der Waals surface area contributed by atoms with Crippen molar-refractivity contribution in [3.63, 3.8) is 0 Å². The molecule has 32 heavy (non-hydrogen) atoms. The molecule has 0 saturated heterocycles. The van der Waals surface area contributed by atoms with Gasteiger partial charge in [-0.05, 0) is 48.9 Å². The molecule has 3 aromatic carbocycles. The number of sulfonamides is 1. The molecule has 1 heterocycles. The molecule has 4 rings (SSSR count). The first-order valence-corrected chi connectivity index (χ1v) is 11.3. The van der Waals surface area contributed by atoms with Gasteiger partial charge in [0.25, 0.3) is 10.0 Å². The molecule has 7 nitrogen and oxygen atoms in total. The smallest absolute Gasteiger partial charge is 0.263 e. The van der Waals surface area contributed by atoms with Gasteiger partial charge in [-0.3, -0.25) is 4.72 Å². The molecule has 4 aromatic rings. The lowest BCUT2D eigenvalue weighted by Gasteiger charge is -2.15. The van der Waals surface area contributed by atoms with Gasteiger partial charge in [0.15, 0.2) is 11.6 Å². The Kier molecular flexibility index (Phi) is 5.86. The second kappa shape index (κ2) is 8.60. The number of rotatable bonds is 6. The highest BCUT2D eigenvalue weighted by atomic mass is 35.5. The molecule has 0 radical (unpaired) electrons. The van der Waals surface area contributed by atoms with E-state index in [0.717, 1.165) is 6.07 Å². The average Bonchev–Trinajstić information content (AvgIpc) is 2.77. The molecule has 0 atom stereocenters. The summed E-state index contributed by atoms with van der Waals surface area (Å²) in [6.45, 7) is 1.55. The number of nitrogens with zero attached hydrogens (tertiary/aromatic N) is 2. The second-order valence-corrected chi connectivity index (χ2v) is 8.99. The number of methoxy groups -OCH3 is 1. The number of anilines is 3. The van der Waals surface area contributed by atoms with Crippen molar-refractivity contribution in [1.29, 1.82) is 0 Å². The number of fused-ring (bicyclic) bond motifs is 1. The van der Waals surface area contributed by atoms with Crippen LogP contribution in [0.25, 0.3) is 11.0 Å². The van der Waals surface area contributed by atoms with Gasteiger partial charge in [0.2, 0.25) is 0 Å². The van der Waals surface area contributed by atoms with Gasteiger partial charge >= 0.3 is 0 Å². The molecule has 10 heteroatoms. The molecule has 0 amide bonds. The number of aromatic nitrogens is 2. The highest BCUT2D eigenvalue weighted by molar-refractivity contribution is 7.92. The second-order valence-electron chi connectivity index (χ2n) is 6.90. The highest BCUT2D eigenvalue weighted by Gasteiger charge is 2.20. The quantitative estimate of drug-likeness (QED) is 0.396. The summed E-state index contributed by atoms with van der Waals surface area (Å²) in [5, 5.41) is 3.39. The molecule has 0 aliphatic heterocycles. The Morgan fingerprint density at radius 2 is 1.66 bits per heavy atom. The van der Waals surface area contributed by atoms with Crippen LogP contribution in [-0.4, -0.2) is 25.5 Å². The summed E-state index contributed by atoms with van der Waals surface area (Å²) in [6.07, 6.45) is 0. The van der Waals surface area contributed by atoms with Crippen LogP contribution in [0.15, 0.2) is 65.6 Å². The first-order chi connectivity index (χ1) is 15.3.